The van der Waals surface area contributed by atoms with Crippen LogP contribution in [0.25, 0.3) is 5.57 Å². The molecule has 8 bridgehead atoms. The third-order valence-electron chi connectivity index (χ3n) is 18.1. The van der Waals surface area contributed by atoms with Gasteiger partial charge >= 0.3 is 0 Å². The number of nitrogens with one attached hydrogen (secondary N) is 2. The maximum atomic E-state index is 6.51. The quantitative estimate of drug-likeness (QED) is 0.150. The molecule has 6 N–H and O–H groups in total. The summed E-state index contributed by atoms with van der Waals surface area (Å²) in [6.45, 7) is 8.81. The van der Waals surface area contributed by atoms with E-state index in [1.165, 1.54) is 142 Å². The Hall–Kier alpha value is -2.38. The lowest BCUT2D eigenvalue weighted by atomic mass is 9.41. The third kappa shape index (κ3) is 6.56. The number of hydrogen-bond donors (Lipinski definition) is 4. The lowest BCUT2D eigenvalue weighted by molar-refractivity contribution is 0.00591. The molecule has 4 atom stereocenters. The predicted octanol–water partition coefficient (Wildman–Crippen LogP) is 10.5. The molecule has 2 aromatic rings. The fraction of sp³-hybridized carbons (Fsp3) is 0.647. The molecule has 6 heteroatoms. The first kappa shape index (κ1) is 38.8. The van der Waals surface area contributed by atoms with Crippen molar-refractivity contribution in [3.8, 4) is 0 Å². The van der Waals surface area contributed by atoms with E-state index in [4.69, 9.17) is 42.5 Å². The molecule has 0 spiro atoms. The van der Waals surface area contributed by atoms with Crippen molar-refractivity contribution in [2.45, 2.75) is 145 Å². The monoisotopic (exact) mass is 800 g/mol. The molecular formula is C51H68N4S2. The Morgan fingerprint density at radius 3 is 1.47 bits per heavy atom. The van der Waals surface area contributed by atoms with Gasteiger partial charge in [-0.2, -0.15) is 0 Å². The van der Waals surface area contributed by atoms with Gasteiger partial charge in [0.15, 0.2) is 0 Å². The summed E-state index contributed by atoms with van der Waals surface area (Å²) in [6.07, 6.45) is 21.9. The van der Waals surface area contributed by atoms with Gasteiger partial charge in [-0.3, -0.25) is 0 Å². The molecule has 4 nitrogen and oxygen atoms in total. The fourth-order valence-corrected chi connectivity index (χ4v) is 16.3. The highest BCUT2D eigenvalue weighted by Crippen LogP contribution is 2.70. The van der Waals surface area contributed by atoms with Crippen molar-refractivity contribution in [3.63, 3.8) is 0 Å². The molecule has 0 heterocycles. The number of hydrogen-bond acceptors (Lipinski definition) is 4. The van der Waals surface area contributed by atoms with E-state index in [1.54, 1.807) is 16.7 Å². The van der Waals surface area contributed by atoms with Crippen molar-refractivity contribution in [2.75, 3.05) is 13.1 Å². The molecule has 57 heavy (non-hydrogen) atoms. The van der Waals surface area contributed by atoms with Crippen LogP contribution in [0.4, 0.5) is 0 Å². The van der Waals surface area contributed by atoms with E-state index in [9.17, 15) is 0 Å². The van der Waals surface area contributed by atoms with Gasteiger partial charge in [-0.25, -0.2) is 0 Å². The Bertz CT molecular complexity index is 1880. The zero-order valence-electron chi connectivity index (χ0n) is 34.6. The number of benzene rings is 2. The van der Waals surface area contributed by atoms with E-state index in [2.05, 4.69) is 72.2 Å². The van der Waals surface area contributed by atoms with Gasteiger partial charge in [0.25, 0.3) is 0 Å². The van der Waals surface area contributed by atoms with Crippen LogP contribution in [0.5, 0.6) is 0 Å². The van der Waals surface area contributed by atoms with Crippen LogP contribution in [0.1, 0.15) is 139 Å². The van der Waals surface area contributed by atoms with Crippen LogP contribution in [-0.4, -0.2) is 35.2 Å². The van der Waals surface area contributed by atoms with E-state index >= 15 is 0 Å². The standard InChI is InChI=1S/C51H68N4S2/c1-32-37-20-48(21-38(32)23-50(22-37,30-48)46(56)54-43-16-8-34(28-52)9-17-43)42-14-12-36(13-15-42)33(2)45-39-24-49(41-6-4-3-5-7-41)25-40(45)27-51(26-39,31-49)47(57)55-44-18-10-35(29-53)11-19-44/h3-7,12-15,34-35,37-40,43-44H,1,8-11,16-31,52-53H2,2H3,(H,54,56)(H,55,57). The van der Waals surface area contributed by atoms with E-state index in [-0.39, 0.29) is 21.7 Å². The summed E-state index contributed by atoms with van der Waals surface area (Å²) in [6, 6.07) is 22.6. The van der Waals surface area contributed by atoms with Gasteiger partial charge in [-0.1, -0.05) is 96.8 Å². The highest BCUT2D eigenvalue weighted by molar-refractivity contribution is 7.80. The van der Waals surface area contributed by atoms with E-state index in [0.717, 1.165) is 13.1 Å². The minimum atomic E-state index is 0.0904. The molecule has 304 valence electrons. The number of rotatable bonds is 9. The summed E-state index contributed by atoms with van der Waals surface area (Å²) >= 11 is 12.9. The zero-order chi connectivity index (χ0) is 39.2. The molecule has 10 aliphatic carbocycles. The van der Waals surface area contributed by atoms with Crippen LogP contribution in [0.2, 0.25) is 0 Å². The van der Waals surface area contributed by atoms with Crippen molar-refractivity contribution >= 4 is 40.0 Å². The van der Waals surface area contributed by atoms with E-state index < -0.39 is 0 Å². The zero-order valence-corrected chi connectivity index (χ0v) is 36.3. The van der Waals surface area contributed by atoms with Crippen LogP contribution in [0.15, 0.2) is 72.3 Å². The lowest BCUT2D eigenvalue weighted by Crippen LogP contribution is -2.60. The predicted molar refractivity (Wildman–Crippen MR) is 244 cm³/mol. The molecule has 0 radical (unpaired) electrons. The minimum absolute atomic E-state index is 0.0904. The summed E-state index contributed by atoms with van der Waals surface area (Å²) in [5.74, 6) is 3.69. The van der Waals surface area contributed by atoms with Gasteiger partial charge in [0, 0.05) is 22.9 Å². The van der Waals surface area contributed by atoms with E-state index in [0.29, 0.717) is 47.6 Å². The summed E-state index contributed by atoms with van der Waals surface area (Å²) in [7, 11) is 0. The normalized spacial score (nSPS) is 41.6. The van der Waals surface area contributed by atoms with Crippen LogP contribution in [0, 0.1) is 46.3 Å². The molecule has 0 amide bonds. The third-order valence-corrected chi connectivity index (χ3v) is 19.2. The first-order valence-corrected chi connectivity index (χ1v) is 24.0. The van der Waals surface area contributed by atoms with Crippen LogP contribution in [-0.2, 0) is 10.8 Å². The number of thiocarbonyl (C=S) groups is 2. The Morgan fingerprint density at radius 2 is 1.02 bits per heavy atom. The highest BCUT2D eigenvalue weighted by Gasteiger charge is 2.63. The van der Waals surface area contributed by atoms with Crippen molar-refractivity contribution in [1.29, 1.82) is 0 Å². The van der Waals surface area contributed by atoms with Crippen molar-refractivity contribution in [1.82, 2.24) is 10.6 Å². The van der Waals surface area contributed by atoms with Crippen LogP contribution >= 0.6 is 24.4 Å². The second kappa shape index (κ2) is 14.7. The average Bonchev–Trinajstić information content (AvgIpc) is 3.23. The molecule has 10 aliphatic rings. The highest BCUT2D eigenvalue weighted by atomic mass is 32.1. The Kier molecular flexibility index (Phi) is 9.98. The molecule has 4 unspecified atom stereocenters. The second-order valence-electron chi connectivity index (χ2n) is 21.3. The molecule has 2 aromatic carbocycles. The van der Waals surface area contributed by atoms with Gasteiger partial charge in [-0.15, -0.1) is 0 Å². The minimum Gasteiger partial charge on any atom is -0.376 e. The van der Waals surface area contributed by atoms with Gasteiger partial charge < -0.3 is 22.1 Å². The van der Waals surface area contributed by atoms with E-state index in [1.807, 2.05) is 0 Å². The fourth-order valence-electron chi connectivity index (χ4n) is 15.5. The first-order chi connectivity index (χ1) is 27.6. The summed E-state index contributed by atoms with van der Waals surface area (Å²) in [5.41, 5.74) is 22.0. The molecule has 10 fully saturated rings. The van der Waals surface area contributed by atoms with Crippen molar-refractivity contribution in [2.24, 2.45) is 57.8 Å². The summed E-state index contributed by atoms with van der Waals surface area (Å²) in [5, 5.41) is 7.99. The molecule has 0 aliphatic heterocycles. The Morgan fingerprint density at radius 1 is 0.596 bits per heavy atom. The summed E-state index contributed by atoms with van der Waals surface area (Å²) < 4.78 is 0. The first-order valence-electron chi connectivity index (χ1n) is 23.1. The Labute approximate surface area is 354 Å². The number of nitrogens with two attached hydrogens (primary N) is 2. The SMILES string of the molecule is C=C1C2CC3(C(=S)NC4CCC(CN)CC4)CC1CC(c1ccc(C(C)=C4C5CC6(C(=S)NC7CCC(CN)CC7)CC4CC(c4ccccc4)(C5)C6)cc1)(C2)C3. The second-order valence-corrected chi connectivity index (χ2v) is 22.2. The van der Waals surface area contributed by atoms with Gasteiger partial charge in [0.1, 0.15) is 0 Å². The molecule has 10 saturated carbocycles. The summed E-state index contributed by atoms with van der Waals surface area (Å²) in [4.78, 5) is 2.35. The van der Waals surface area contributed by atoms with Crippen molar-refractivity contribution < 1.29 is 0 Å². The largest absolute Gasteiger partial charge is 0.376 e. The van der Waals surface area contributed by atoms with Gasteiger partial charge in [0.05, 0.1) is 9.98 Å². The maximum absolute atomic E-state index is 6.51. The molecule has 12 rings (SSSR count). The van der Waals surface area contributed by atoms with Gasteiger partial charge in [0.2, 0.25) is 0 Å². The van der Waals surface area contributed by atoms with Crippen LogP contribution in [0.3, 0.4) is 0 Å². The molecule has 0 saturated heterocycles. The van der Waals surface area contributed by atoms with Crippen molar-refractivity contribution in [3.05, 3.63) is 89.0 Å². The maximum Gasteiger partial charge on any atom is 0.0818 e. The average molecular weight is 801 g/mol. The van der Waals surface area contributed by atoms with Gasteiger partial charge in [-0.05, 0) is 204 Å². The topological polar surface area (TPSA) is 76.1 Å². The molecule has 0 aromatic heterocycles. The molecular weight excluding hydrogens is 733 g/mol. The van der Waals surface area contributed by atoms with Crippen LogP contribution < -0.4 is 22.1 Å². The Balaban J connectivity index is 0.906. The smallest absolute Gasteiger partial charge is 0.0818 e. The lowest BCUT2D eigenvalue weighted by Gasteiger charge is -2.64. The number of allylic oxidation sites excluding steroid dienone is 3.